The summed E-state index contributed by atoms with van der Waals surface area (Å²) < 4.78 is 0. The zero-order valence-corrected chi connectivity index (χ0v) is 8.85. The molecule has 1 aliphatic carbocycles. The van der Waals surface area contributed by atoms with Crippen molar-refractivity contribution in [2.24, 2.45) is 5.92 Å². The van der Waals surface area contributed by atoms with Crippen LogP contribution >= 0.6 is 0 Å². The summed E-state index contributed by atoms with van der Waals surface area (Å²) in [5.41, 5.74) is 0. The first-order valence-corrected chi connectivity index (χ1v) is 5.40. The van der Waals surface area contributed by atoms with E-state index in [4.69, 9.17) is 0 Å². The van der Waals surface area contributed by atoms with E-state index in [1.165, 1.54) is 6.08 Å². The third-order valence-electron chi connectivity index (χ3n) is 2.93. The van der Waals surface area contributed by atoms with Crippen molar-refractivity contribution >= 4 is 5.91 Å². The Bertz CT molecular complexity index is 230. The Kier molecular flexibility index (Phi) is 4.78. The first-order valence-electron chi connectivity index (χ1n) is 5.40. The number of rotatable bonds is 4. The molecular formula is C11H19NO3. The Morgan fingerprint density at radius 2 is 2.13 bits per heavy atom. The van der Waals surface area contributed by atoms with Gasteiger partial charge in [-0.3, -0.25) is 4.79 Å². The molecule has 1 aliphatic rings. The van der Waals surface area contributed by atoms with Gasteiger partial charge >= 0.3 is 0 Å². The van der Waals surface area contributed by atoms with Crippen LogP contribution in [-0.4, -0.2) is 34.9 Å². The van der Waals surface area contributed by atoms with Crippen LogP contribution in [0.4, 0.5) is 0 Å². The molecule has 15 heavy (non-hydrogen) atoms. The number of aliphatic hydroxyl groups excluding tert-OH is 2. The molecule has 0 saturated heterocycles. The van der Waals surface area contributed by atoms with Gasteiger partial charge in [0.2, 0.25) is 5.91 Å². The zero-order chi connectivity index (χ0) is 11.3. The maximum absolute atomic E-state index is 10.9. The summed E-state index contributed by atoms with van der Waals surface area (Å²) in [5, 5.41) is 21.5. The number of nitrogens with one attached hydrogen (secondary N) is 1. The number of hydrogen-bond acceptors (Lipinski definition) is 3. The fourth-order valence-electron chi connectivity index (χ4n) is 1.95. The van der Waals surface area contributed by atoms with Gasteiger partial charge in [0.05, 0.1) is 12.2 Å². The molecule has 3 N–H and O–H groups in total. The van der Waals surface area contributed by atoms with Crippen LogP contribution in [0.5, 0.6) is 0 Å². The van der Waals surface area contributed by atoms with Gasteiger partial charge in [-0.05, 0) is 37.7 Å². The van der Waals surface area contributed by atoms with Crippen molar-refractivity contribution in [3.63, 3.8) is 0 Å². The molecule has 0 bridgehead atoms. The molecule has 4 nitrogen and oxygen atoms in total. The van der Waals surface area contributed by atoms with Crippen LogP contribution in [0, 0.1) is 5.92 Å². The summed E-state index contributed by atoms with van der Waals surface area (Å²) in [5.74, 6) is 0.236. The van der Waals surface area contributed by atoms with Crippen molar-refractivity contribution in [2.45, 2.75) is 37.9 Å². The van der Waals surface area contributed by atoms with E-state index in [1.54, 1.807) is 0 Å². The van der Waals surface area contributed by atoms with Gasteiger partial charge in [-0.25, -0.2) is 0 Å². The van der Waals surface area contributed by atoms with Crippen LogP contribution in [0.2, 0.25) is 0 Å². The molecule has 4 heteroatoms. The number of carbonyl (C=O) groups excluding carboxylic acids is 1. The molecule has 0 aromatic heterocycles. The molecule has 0 aliphatic heterocycles. The Morgan fingerprint density at radius 1 is 1.40 bits per heavy atom. The van der Waals surface area contributed by atoms with Crippen LogP contribution in [0.15, 0.2) is 12.7 Å². The maximum atomic E-state index is 10.9. The lowest BCUT2D eigenvalue weighted by Gasteiger charge is -2.29. The van der Waals surface area contributed by atoms with Crippen molar-refractivity contribution in [3.8, 4) is 0 Å². The first kappa shape index (κ1) is 12.2. The normalized spacial score (nSPS) is 30.9. The summed E-state index contributed by atoms with van der Waals surface area (Å²) in [6.45, 7) is 3.97. The van der Waals surface area contributed by atoms with E-state index in [1.807, 2.05) is 0 Å². The Labute approximate surface area is 90.0 Å². The molecule has 0 spiro atoms. The lowest BCUT2D eigenvalue weighted by Crippen LogP contribution is -2.35. The summed E-state index contributed by atoms with van der Waals surface area (Å²) in [4.78, 5) is 10.9. The van der Waals surface area contributed by atoms with Crippen LogP contribution < -0.4 is 5.32 Å². The van der Waals surface area contributed by atoms with Gasteiger partial charge < -0.3 is 15.5 Å². The topological polar surface area (TPSA) is 69.6 Å². The van der Waals surface area contributed by atoms with Gasteiger partial charge in [-0.1, -0.05) is 6.58 Å². The third kappa shape index (κ3) is 4.01. The Hall–Kier alpha value is -0.870. The number of aliphatic hydroxyl groups is 2. The Balaban J connectivity index is 2.17. The molecule has 86 valence electrons. The Morgan fingerprint density at radius 3 is 2.73 bits per heavy atom. The van der Waals surface area contributed by atoms with Gasteiger partial charge in [0.15, 0.2) is 0 Å². The maximum Gasteiger partial charge on any atom is 0.243 e. The highest BCUT2D eigenvalue weighted by Gasteiger charge is 2.26. The fraction of sp³-hybridized carbons (Fsp3) is 0.727. The SMILES string of the molecule is C=CC(=O)NCCC1CCC(O)C(O)C1. The quantitative estimate of drug-likeness (QED) is 0.584. The molecule has 1 saturated carbocycles. The predicted molar refractivity (Wildman–Crippen MR) is 57.2 cm³/mol. The highest BCUT2D eigenvalue weighted by Crippen LogP contribution is 2.26. The summed E-state index contributed by atoms with van der Waals surface area (Å²) in [6, 6.07) is 0. The average molecular weight is 213 g/mol. The second-order valence-corrected chi connectivity index (χ2v) is 4.10. The second-order valence-electron chi connectivity index (χ2n) is 4.10. The minimum absolute atomic E-state index is 0.161. The number of hydrogen-bond donors (Lipinski definition) is 3. The average Bonchev–Trinajstić information content (AvgIpc) is 2.23. The van der Waals surface area contributed by atoms with Crippen molar-refractivity contribution < 1.29 is 15.0 Å². The molecule has 3 unspecified atom stereocenters. The van der Waals surface area contributed by atoms with Crippen molar-refractivity contribution in [3.05, 3.63) is 12.7 Å². The van der Waals surface area contributed by atoms with Gasteiger partial charge in [-0.15, -0.1) is 0 Å². The van der Waals surface area contributed by atoms with E-state index < -0.39 is 12.2 Å². The number of amides is 1. The molecule has 0 aromatic carbocycles. The monoisotopic (exact) mass is 213 g/mol. The summed E-state index contributed by atoms with van der Waals surface area (Å²) in [6.07, 6.45) is 3.14. The zero-order valence-electron chi connectivity index (χ0n) is 8.85. The third-order valence-corrected chi connectivity index (χ3v) is 2.93. The summed E-state index contributed by atoms with van der Waals surface area (Å²) in [7, 11) is 0. The minimum atomic E-state index is -0.598. The molecular weight excluding hydrogens is 194 g/mol. The van der Waals surface area contributed by atoms with Crippen molar-refractivity contribution in [1.82, 2.24) is 5.32 Å². The fourth-order valence-corrected chi connectivity index (χ4v) is 1.95. The van der Waals surface area contributed by atoms with Gasteiger partial charge in [0.25, 0.3) is 0 Å². The van der Waals surface area contributed by atoms with E-state index in [0.717, 1.165) is 12.8 Å². The van der Waals surface area contributed by atoms with Gasteiger partial charge in [-0.2, -0.15) is 0 Å². The van der Waals surface area contributed by atoms with Gasteiger partial charge in [0, 0.05) is 6.54 Å². The first-order chi connectivity index (χ1) is 7.13. The highest BCUT2D eigenvalue weighted by atomic mass is 16.3. The summed E-state index contributed by atoms with van der Waals surface area (Å²) >= 11 is 0. The van der Waals surface area contributed by atoms with Crippen LogP contribution in [0.3, 0.4) is 0 Å². The van der Waals surface area contributed by atoms with Crippen molar-refractivity contribution in [1.29, 1.82) is 0 Å². The molecule has 3 atom stereocenters. The second kappa shape index (κ2) is 5.88. The molecule has 0 radical (unpaired) electrons. The van der Waals surface area contributed by atoms with E-state index in [-0.39, 0.29) is 5.91 Å². The van der Waals surface area contributed by atoms with Crippen LogP contribution in [0.1, 0.15) is 25.7 Å². The van der Waals surface area contributed by atoms with E-state index >= 15 is 0 Å². The van der Waals surface area contributed by atoms with Gasteiger partial charge in [0.1, 0.15) is 0 Å². The lowest BCUT2D eigenvalue weighted by atomic mass is 9.83. The molecule has 0 aromatic rings. The number of carbonyl (C=O) groups is 1. The van der Waals surface area contributed by atoms with Crippen molar-refractivity contribution in [2.75, 3.05) is 6.54 Å². The predicted octanol–water partition coefficient (Wildman–Crippen LogP) is 0.201. The minimum Gasteiger partial charge on any atom is -0.390 e. The lowest BCUT2D eigenvalue weighted by molar-refractivity contribution is -0.116. The van der Waals surface area contributed by atoms with Crippen LogP contribution in [0.25, 0.3) is 0 Å². The van der Waals surface area contributed by atoms with E-state index in [0.29, 0.717) is 25.3 Å². The highest BCUT2D eigenvalue weighted by molar-refractivity contribution is 5.86. The van der Waals surface area contributed by atoms with Crippen LogP contribution in [-0.2, 0) is 4.79 Å². The van der Waals surface area contributed by atoms with E-state index in [9.17, 15) is 15.0 Å². The largest absolute Gasteiger partial charge is 0.390 e. The molecule has 1 rings (SSSR count). The molecule has 1 amide bonds. The standard InChI is InChI=1S/C11H19NO3/c1-2-11(15)12-6-5-8-3-4-9(13)10(14)7-8/h2,8-10,13-14H,1,3-7H2,(H,12,15). The smallest absolute Gasteiger partial charge is 0.243 e. The van der Waals surface area contributed by atoms with E-state index in [2.05, 4.69) is 11.9 Å². The molecule has 0 heterocycles. The molecule has 1 fully saturated rings.